The van der Waals surface area contributed by atoms with Crippen LogP contribution in [0.3, 0.4) is 0 Å². The highest BCUT2D eigenvalue weighted by Crippen LogP contribution is 2.13. The van der Waals surface area contributed by atoms with Crippen molar-refractivity contribution in [1.82, 2.24) is 9.78 Å². The van der Waals surface area contributed by atoms with Crippen molar-refractivity contribution >= 4 is 11.9 Å². The molecule has 2 aromatic rings. The van der Waals surface area contributed by atoms with Gasteiger partial charge in [-0.2, -0.15) is 0 Å². The number of aromatic amines is 1. The minimum atomic E-state index is 1.07. The van der Waals surface area contributed by atoms with E-state index in [0.29, 0.717) is 0 Å². The van der Waals surface area contributed by atoms with Crippen LogP contribution in [0.4, 0.5) is 0 Å². The van der Waals surface area contributed by atoms with Crippen LogP contribution in [0.25, 0.3) is 0 Å². The van der Waals surface area contributed by atoms with E-state index in [1.165, 1.54) is 23.2 Å². The molecule has 0 amide bonds. The molecule has 15 heavy (non-hydrogen) atoms. The minimum Gasteiger partial charge on any atom is -0.302 e. The fourth-order valence-electron chi connectivity index (χ4n) is 1.59. The summed E-state index contributed by atoms with van der Waals surface area (Å²) < 4.78 is 1.96. The van der Waals surface area contributed by atoms with Crippen LogP contribution in [-0.4, -0.2) is 9.78 Å². The molecule has 3 nitrogen and oxygen atoms in total. The third-order valence-electron chi connectivity index (χ3n) is 2.41. The van der Waals surface area contributed by atoms with Crippen molar-refractivity contribution in [3.05, 3.63) is 41.7 Å². The van der Waals surface area contributed by atoms with E-state index in [-0.39, 0.29) is 0 Å². The van der Waals surface area contributed by atoms with Crippen molar-refractivity contribution in [2.75, 3.05) is 0 Å². The van der Waals surface area contributed by atoms with Crippen molar-refractivity contribution < 1.29 is 0 Å². The number of hydrogen-bond donors (Lipinski definition) is 2. The molecule has 4 heteroatoms. The summed E-state index contributed by atoms with van der Waals surface area (Å²) in [6.45, 7) is 0. The predicted octanol–water partition coefficient (Wildman–Crippen LogP) is 2.10. The molecular weight excluding hydrogens is 206 g/mol. The third-order valence-corrected chi connectivity index (χ3v) is 2.96. The van der Waals surface area contributed by atoms with Crippen LogP contribution in [0.2, 0.25) is 0 Å². The number of nitrogens with one attached hydrogen (secondary N) is 1. The highest BCUT2D eigenvalue weighted by molar-refractivity contribution is 7.97. The quantitative estimate of drug-likeness (QED) is 0.777. The van der Waals surface area contributed by atoms with E-state index in [4.69, 9.17) is 5.14 Å². The summed E-state index contributed by atoms with van der Waals surface area (Å²) in [4.78, 5) is 1.11. The van der Waals surface area contributed by atoms with Crippen LogP contribution in [0.5, 0.6) is 0 Å². The molecule has 1 aromatic heterocycles. The van der Waals surface area contributed by atoms with Gasteiger partial charge in [-0.3, -0.25) is 9.82 Å². The van der Waals surface area contributed by atoms with Crippen molar-refractivity contribution in [1.29, 1.82) is 0 Å². The summed E-state index contributed by atoms with van der Waals surface area (Å²) in [6.07, 6.45) is 4.26. The van der Waals surface area contributed by atoms with Crippen molar-refractivity contribution in [2.45, 2.75) is 17.7 Å². The maximum atomic E-state index is 5.46. The molecule has 0 atom stereocenters. The maximum absolute atomic E-state index is 5.46. The summed E-state index contributed by atoms with van der Waals surface area (Å²) >= 11 is 1.29. The van der Waals surface area contributed by atoms with Crippen molar-refractivity contribution in [2.24, 2.45) is 12.2 Å². The number of nitrogens with zero attached hydrogens (tertiary/aromatic N) is 1. The zero-order valence-corrected chi connectivity index (χ0v) is 9.55. The van der Waals surface area contributed by atoms with Gasteiger partial charge in [-0.15, -0.1) is 0 Å². The molecule has 0 saturated carbocycles. The SMILES string of the molecule is Cn1cc(CCc2ccc(SN)cc2)[nH]1. The van der Waals surface area contributed by atoms with E-state index in [9.17, 15) is 0 Å². The van der Waals surface area contributed by atoms with Gasteiger partial charge in [-0.25, -0.2) is 0 Å². The first kappa shape index (κ1) is 10.4. The summed E-state index contributed by atoms with van der Waals surface area (Å²) in [7, 11) is 2.00. The standard InChI is InChI=1S/C11H15N3S/c1-14-8-10(13-14)5-2-9-3-6-11(15-12)7-4-9/h3-4,6-8,13H,2,5,12H2,1H3. The van der Waals surface area contributed by atoms with Crippen LogP contribution in [0.15, 0.2) is 35.4 Å². The smallest absolute Gasteiger partial charge is 0.0497 e. The molecular formula is C11H15N3S. The van der Waals surface area contributed by atoms with Gasteiger partial charge in [0, 0.05) is 23.8 Å². The maximum Gasteiger partial charge on any atom is 0.0497 e. The van der Waals surface area contributed by atoms with Crippen molar-refractivity contribution in [3.63, 3.8) is 0 Å². The van der Waals surface area contributed by atoms with Gasteiger partial charge in [-0.1, -0.05) is 12.1 Å². The normalized spacial score (nSPS) is 10.8. The van der Waals surface area contributed by atoms with Gasteiger partial charge in [0.05, 0.1) is 0 Å². The van der Waals surface area contributed by atoms with Gasteiger partial charge >= 0.3 is 0 Å². The van der Waals surface area contributed by atoms with E-state index < -0.39 is 0 Å². The van der Waals surface area contributed by atoms with Gasteiger partial charge in [0.2, 0.25) is 0 Å². The lowest BCUT2D eigenvalue weighted by molar-refractivity contribution is 0.635. The molecule has 0 saturated heterocycles. The molecule has 80 valence electrons. The molecule has 3 N–H and O–H groups in total. The Hall–Kier alpha value is -1.13. The van der Waals surface area contributed by atoms with E-state index in [1.807, 2.05) is 11.7 Å². The lowest BCUT2D eigenvalue weighted by Gasteiger charge is -2.11. The molecule has 0 aliphatic carbocycles. The number of H-pyrrole nitrogens is 1. The van der Waals surface area contributed by atoms with Crippen LogP contribution in [0, 0.1) is 0 Å². The number of benzene rings is 1. The Labute approximate surface area is 93.8 Å². The molecule has 0 aliphatic heterocycles. The lowest BCUT2D eigenvalue weighted by Crippen LogP contribution is -2.09. The number of rotatable bonds is 4. The molecule has 0 fully saturated rings. The Morgan fingerprint density at radius 3 is 2.47 bits per heavy atom. The Morgan fingerprint density at radius 2 is 1.93 bits per heavy atom. The number of aryl methyl sites for hydroxylation is 3. The molecule has 0 aliphatic rings. The summed E-state index contributed by atoms with van der Waals surface area (Å²) in [5.41, 5.74) is 2.65. The second-order valence-corrected chi connectivity index (χ2v) is 4.35. The van der Waals surface area contributed by atoms with Crippen LogP contribution in [0.1, 0.15) is 11.3 Å². The Kier molecular flexibility index (Phi) is 3.18. The van der Waals surface area contributed by atoms with Crippen LogP contribution >= 0.6 is 11.9 Å². The highest BCUT2D eigenvalue weighted by Gasteiger charge is 1.99. The molecule has 0 spiro atoms. The van der Waals surface area contributed by atoms with Gasteiger partial charge < -0.3 is 5.10 Å². The lowest BCUT2D eigenvalue weighted by atomic mass is 10.1. The second kappa shape index (κ2) is 4.59. The zero-order valence-electron chi connectivity index (χ0n) is 8.73. The Balaban J connectivity index is 1.89. The zero-order chi connectivity index (χ0) is 10.7. The van der Waals surface area contributed by atoms with Crippen LogP contribution < -0.4 is 5.14 Å². The molecule has 0 unspecified atom stereocenters. The topological polar surface area (TPSA) is 46.7 Å². The molecule has 2 rings (SSSR count). The van der Waals surface area contributed by atoms with E-state index in [0.717, 1.165) is 17.7 Å². The number of aromatic nitrogens is 2. The fourth-order valence-corrected chi connectivity index (χ4v) is 1.88. The van der Waals surface area contributed by atoms with Gasteiger partial charge in [0.15, 0.2) is 0 Å². The molecule has 0 bridgehead atoms. The summed E-state index contributed by atoms with van der Waals surface area (Å²) in [6, 6.07) is 8.40. The summed E-state index contributed by atoms with van der Waals surface area (Å²) in [5.74, 6) is 0. The average molecular weight is 221 g/mol. The average Bonchev–Trinajstić information content (AvgIpc) is 2.23. The Bertz CT molecular complexity index is 401. The summed E-state index contributed by atoms with van der Waals surface area (Å²) in [5, 5.41) is 8.67. The molecule has 1 aromatic carbocycles. The first-order valence-electron chi connectivity index (χ1n) is 4.94. The number of hydrogen-bond acceptors (Lipinski definition) is 2. The van der Waals surface area contributed by atoms with E-state index >= 15 is 0 Å². The molecule has 1 heterocycles. The highest BCUT2D eigenvalue weighted by atomic mass is 32.2. The van der Waals surface area contributed by atoms with Gasteiger partial charge in [0.25, 0.3) is 0 Å². The van der Waals surface area contributed by atoms with Crippen LogP contribution in [-0.2, 0) is 19.9 Å². The Morgan fingerprint density at radius 1 is 1.27 bits per heavy atom. The first-order chi connectivity index (χ1) is 7.28. The first-order valence-corrected chi connectivity index (χ1v) is 5.82. The monoisotopic (exact) mass is 221 g/mol. The van der Waals surface area contributed by atoms with E-state index in [2.05, 4.69) is 35.6 Å². The largest absolute Gasteiger partial charge is 0.302 e. The molecule has 0 radical (unpaired) electrons. The van der Waals surface area contributed by atoms with Gasteiger partial charge in [-0.05, 0) is 42.5 Å². The fraction of sp³-hybridized carbons (Fsp3) is 0.273. The van der Waals surface area contributed by atoms with Gasteiger partial charge in [0.1, 0.15) is 0 Å². The van der Waals surface area contributed by atoms with E-state index in [1.54, 1.807) is 0 Å². The predicted molar refractivity (Wildman–Crippen MR) is 63.7 cm³/mol. The second-order valence-electron chi connectivity index (χ2n) is 3.64. The number of nitrogens with two attached hydrogens (primary N) is 1. The van der Waals surface area contributed by atoms with Crippen molar-refractivity contribution in [3.8, 4) is 0 Å². The minimum absolute atomic E-state index is 1.07. The third kappa shape index (κ3) is 2.67.